The summed E-state index contributed by atoms with van der Waals surface area (Å²) >= 11 is 0. The van der Waals surface area contributed by atoms with Gasteiger partial charge in [0, 0.05) is 36.1 Å². The maximum Gasteiger partial charge on any atom is 0.160 e. The predicted octanol–water partition coefficient (Wildman–Crippen LogP) is 3.85. The number of nitrogens with zero attached hydrogens (tertiary/aromatic N) is 1. The molecule has 0 aliphatic heterocycles. The fourth-order valence-corrected chi connectivity index (χ4v) is 3.53. The molecule has 0 radical (unpaired) electrons. The largest absolute Gasteiger partial charge is 0.504 e. The highest BCUT2D eigenvalue weighted by atomic mass is 16.5. The third-order valence-electron chi connectivity index (χ3n) is 5.06. The van der Waals surface area contributed by atoms with E-state index in [0.717, 1.165) is 18.5 Å². The second-order valence-corrected chi connectivity index (χ2v) is 7.17. The maximum absolute atomic E-state index is 9.36. The van der Waals surface area contributed by atoms with Crippen molar-refractivity contribution in [2.75, 3.05) is 14.2 Å². The monoisotopic (exact) mass is 444 g/mol. The molecule has 2 N–H and O–H groups in total. The Balaban J connectivity index is 0.000000238. The van der Waals surface area contributed by atoms with Gasteiger partial charge in [0.05, 0.1) is 7.11 Å². The molecule has 3 aromatic rings. The minimum absolute atomic E-state index is 0.174. The smallest absolute Gasteiger partial charge is 0.160 e. The lowest BCUT2D eigenvalue weighted by Gasteiger charge is -2.04. The number of hydrogen-bond donors (Lipinski definition) is 2. The molecule has 1 aliphatic rings. The molecule has 0 saturated carbocycles. The maximum atomic E-state index is 9.36. The first-order chi connectivity index (χ1) is 16.2. The van der Waals surface area contributed by atoms with Crippen LogP contribution in [0.3, 0.4) is 0 Å². The summed E-state index contributed by atoms with van der Waals surface area (Å²) in [5.41, 5.74) is 3.49. The average molecular weight is 445 g/mol. The number of benzene rings is 2. The van der Waals surface area contributed by atoms with E-state index in [4.69, 9.17) is 9.53 Å². The van der Waals surface area contributed by atoms with Crippen LogP contribution in [0.2, 0.25) is 0 Å². The summed E-state index contributed by atoms with van der Waals surface area (Å²) in [6, 6.07) is 18.1. The number of aromatic nitrogens is 1. The van der Waals surface area contributed by atoms with Gasteiger partial charge < -0.3 is 24.5 Å². The minimum atomic E-state index is 0.174. The topological polar surface area (TPSA) is 63.5 Å². The number of hydrogen-bond acceptors (Lipinski definition) is 4. The lowest BCUT2D eigenvalue weighted by atomic mass is 10.2. The Morgan fingerprint density at radius 3 is 2.55 bits per heavy atom. The highest BCUT2D eigenvalue weighted by Crippen LogP contribution is 2.26. The second kappa shape index (κ2) is 13.4. The van der Waals surface area contributed by atoms with Gasteiger partial charge in [-0.05, 0) is 48.7 Å². The Kier molecular flexibility index (Phi) is 10.3. The molecule has 0 spiro atoms. The number of allylic oxidation sites excluding steroid dienone is 2. The van der Waals surface area contributed by atoms with E-state index >= 15 is 0 Å². The number of aromatic hydroxyl groups is 1. The number of nitrogens with one attached hydrogen (secondary N) is 1. The van der Waals surface area contributed by atoms with E-state index in [1.807, 2.05) is 39.0 Å². The third kappa shape index (κ3) is 7.01. The molecule has 0 saturated heterocycles. The van der Waals surface area contributed by atoms with E-state index < -0.39 is 0 Å². The van der Waals surface area contributed by atoms with Crippen LogP contribution in [-0.2, 0) is 11.3 Å². The predicted molar refractivity (Wildman–Crippen MR) is 136 cm³/mol. The van der Waals surface area contributed by atoms with Gasteiger partial charge in [-0.3, -0.25) is 0 Å². The van der Waals surface area contributed by atoms with E-state index in [2.05, 4.69) is 70.7 Å². The van der Waals surface area contributed by atoms with Gasteiger partial charge in [0.1, 0.15) is 6.79 Å². The van der Waals surface area contributed by atoms with Crippen molar-refractivity contribution in [1.82, 2.24) is 9.88 Å². The Bertz CT molecular complexity index is 1190. The van der Waals surface area contributed by atoms with Crippen molar-refractivity contribution in [2.45, 2.75) is 19.9 Å². The molecule has 0 bridgehead atoms. The van der Waals surface area contributed by atoms with Crippen LogP contribution in [0.4, 0.5) is 0 Å². The summed E-state index contributed by atoms with van der Waals surface area (Å²) in [6.45, 7) is 4.85. The van der Waals surface area contributed by atoms with Crippen LogP contribution in [-0.4, -0.2) is 30.6 Å². The highest BCUT2D eigenvalue weighted by molar-refractivity contribution is 5.57. The normalized spacial score (nSPS) is 11.8. The number of phenolic OH excluding ortho intramolecular Hbond substituents is 1. The summed E-state index contributed by atoms with van der Waals surface area (Å²) in [7, 11) is 3.51. The summed E-state index contributed by atoms with van der Waals surface area (Å²) in [6.07, 6.45) is 13.6. The number of methoxy groups -OCH3 is 1. The minimum Gasteiger partial charge on any atom is -0.504 e. The zero-order valence-electron chi connectivity index (χ0n) is 19.5. The Morgan fingerprint density at radius 1 is 1.15 bits per heavy atom. The van der Waals surface area contributed by atoms with Crippen molar-refractivity contribution in [3.8, 4) is 11.5 Å². The number of carbonyl (C=O) groups excluding carboxylic acids is 1. The van der Waals surface area contributed by atoms with Crippen molar-refractivity contribution in [3.63, 3.8) is 0 Å². The van der Waals surface area contributed by atoms with Gasteiger partial charge in [-0.2, -0.15) is 0 Å². The molecule has 0 atom stereocenters. The molecule has 33 heavy (non-hydrogen) atoms. The SMILES string of the molecule is C/C=C/c1ccc(OC)c(O)c1.C=O.CNC1=c2ccn(Cc3ccccc3)c2=CCC=C1. The molecule has 0 amide bonds. The number of ether oxygens (including phenoxy) is 1. The lowest BCUT2D eigenvalue weighted by molar-refractivity contribution is -0.0979. The number of rotatable bonds is 5. The van der Waals surface area contributed by atoms with Gasteiger partial charge in [-0.15, -0.1) is 0 Å². The molecule has 1 aromatic heterocycles. The zero-order chi connectivity index (χ0) is 24.1. The lowest BCUT2D eigenvalue weighted by Crippen LogP contribution is -2.32. The van der Waals surface area contributed by atoms with Crippen LogP contribution in [0.5, 0.6) is 11.5 Å². The number of likely N-dealkylation sites (N-methyl/N-ethyl adjacent to an activating group) is 1. The first-order valence-corrected chi connectivity index (χ1v) is 10.7. The first-order valence-electron chi connectivity index (χ1n) is 10.7. The summed E-state index contributed by atoms with van der Waals surface area (Å²) in [4.78, 5) is 8.00. The standard InChI is InChI=1S/C17H18N2.C10H12O2.CH2O/c1-18-16-9-5-6-10-17-15(16)11-12-19(17)13-14-7-3-2-4-8-14;1-3-4-8-5-6-10(12-2)9(11)7-8;1-2/h2-5,7-12,18H,6,13H2,1H3;3-7,11H,1-2H3;1H2/b;4-3+;. The van der Waals surface area contributed by atoms with Gasteiger partial charge in [-0.1, -0.05) is 60.7 Å². The second-order valence-electron chi connectivity index (χ2n) is 7.17. The molecule has 0 unspecified atom stereocenters. The van der Waals surface area contributed by atoms with Crippen molar-refractivity contribution < 1.29 is 14.6 Å². The van der Waals surface area contributed by atoms with E-state index in [1.165, 1.54) is 28.9 Å². The van der Waals surface area contributed by atoms with E-state index in [0.29, 0.717) is 5.75 Å². The number of phenols is 1. The van der Waals surface area contributed by atoms with Crippen LogP contribution >= 0.6 is 0 Å². The molecule has 0 fully saturated rings. The molecule has 5 heteroatoms. The quantitative estimate of drug-likeness (QED) is 0.627. The molecule has 1 heterocycles. The van der Waals surface area contributed by atoms with Gasteiger partial charge >= 0.3 is 0 Å². The Morgan fingerprint density at radius 2 is 1.91 bits per heavy atom. The van der Waals surface area contributed by atoms with Gasteiger partial charge in [0.15, 0.2) is 11.5 Å². The molecule has 4 rings (SSSR count). The summed E-state index contributed by atoms with van der Waals surface area (Å²) < 4.78 is 7.22. The van der Waals surface area contributed by atoms with Crippen LogP contribution in [0.1, 0.15) is 24.5 Å². The molecular formula is C28H32N2O3. The van der Waals surface area contributed by atoms with E-state index in [9.17, 15) is 5.11 Å². The fourth-order valence-electron chi connectivity index (χ4n) is 3.53. The average Bonchev–Trinajstić information content (AvgIpc) is 3.11. The van der Waals surface area contributed by atoms with Crippen LogP contribution in [0.15, 0.2) is 79.0 Å². The molecule has 5 nitrogen and oxygen atoms in total. The van der Waals surface area contributed by atoms with Crippen molar-refractivity contribution in [1.29, 1.82) is 0 Å². The third-order valence-corrected chi connectivity index (χ3v) is 5.06. The number of fused-ring (bicyclic) bond motifs is 1. The van der Waals surface area contributed by atoms with Crippen LogP contribution in [0.25, 0.3) is 17.8 Å². The summed E-state index contributed by atoms with van der Waals surface area (Å²) in [5, 5.41) is 15.2. The molecule has 172 valence electrons. The van der Waals surface area contributed by atoms with Gasteiger partial charge in [0.2, 0.25) is 0 Å². The first kappa shape index (κ1) is 25.3. The molecule has 1 aliphatic carbocycles. The zero-order valence-corrected chi connectivity index (χ0v) is 19.5. The van der Waals surface area contributed by atoms with Crippen molar-refractivity contribution >= 4 is 24.6 Å². The number of carbonyl (C=O) groups is 1. The summed E-state index contributed by atoms with van der Waals surface area (Å²) in [5.74, 6) is 0.677. The van der Waals surface area contributed by atoms with Crippen molar-refractivity contribution in [3.05, 3.63) is 101 Å². The van der Waals surface area contributed by atoms with Gasteiger partial charge in [0.25, 0.3) is 0 Å². The van der Waals surface area contributed by atoms with Crippen LogP contribution in [0, 0.1) is 0 Å². The van der Waals surface area contributed by atoms with Crippen molar-refractivity contribution in [2.24, 2.45) is 0 Å². The Labute approximate surface area is 195 Å². The van der Waals surface area contributed by atoms with Gasteiger partial charge in [-0.25, -0.2) is 0 Å². The molecular weight excluding hydrogens is 412 g/mol. The highest BCUT2D eigenvalue weighted by Gasteiger charge is 2.03. The van der Waals surface area contributed by atoms with E-state index in [1.54, 1.807) is 12.1 Å². The fraction of sp³-hybridized carbons (Fsp3) is 0.179. The Hall–Kier alpha value is -3.99. The van der Waals surface area contributed by atoms with E-state index in [-0.39, 0.29) is 5.75 Å². The van der Waals surface area contributed by atoms with Crippen LogP contribution < -0.4 is 20.6 Å². The molecule has 2 aromatic carbocycles.